The lowest BCUT2D eigenvalue weighted by Gasteiger charge is -2.15. The summed E-state index contributed by atoms with van der Waals surface area (Å²) in [5.74, 6) is 0. The number of aryl methyl sites for hydroxylation is 1. The summed E-state index contributed by atoms with van der Waals surface area (Å²) in [5.41, 5.74) is 3.63. The van der Waals surface area contributed by atoms with Gasteiger partial charge in [-0.2, -0.15) is 0 Å². The number of rotatable bonds is 5. The third-order valence-corrected chi connectivity index (χ3v) is 7.84. The average Bonchev–Trinajstić information content (AvgIpc) is 3.10. The van der Waals surface area contributed by atoms with E-state index in [2.05, 4.69) is 4.98 Å². The molecule has 0 bridgehead atoms. The fourth-order valence-electron chi connectivity index (χ4n) is 3.45. The van der Waals surface area contributed by atoms with Gasteiger partial charge in [-0.05, 0) is 54.4 Å². The molecule has 0 aliphatic heterocycles. The Balaban J connectivity index is 1.86. The molecule has 0 aliphatic rings. The standard InChI is InChI=1S/C22H21N3O3S2/c1-16-15-21-20(17-9-11-18(12-10-17)24(2)29(3)26)13-14-23-22(21)25(16)30(27,28)19-7-5-4-6-8-19/h4-15H,1-3H3. The summed E-state index contributed by atoms with van der Waals surface area (Å²) in [7, 11) is -3.10. The van der Waals surface area contributed by atoms with Gasteiger partial charge in [0.2, 0.25) is 0 Å². The van der Waals surface area contributed by atoms with Gasteiger partial charge in [-0.25, -0.2) is 21.6 Å². The smallest absolute Gasteiger partial charge is 0.269 e. The zero-order valence-electron chi connectivity index (χ0n) is 16.8. The lowest BCUT2D eigenvalue weighted by molar-refractivity contribution is 0.587. The Morgan fingerprint density at radius 2 is 1.67 bits per heavy atom. The van der Waals surface area contributed by atoms with Crippen LogP contribution in [0, 0.1) is 6.92 Å². The van der Waals surface area contributed by atoms with Crippen molar-refractivity contribution in [2.45, 2.75) is 11.8 Å². The Bertz CT molecular complexity index is 1350. The van der Waals surface area contributed by atoms with Gasteiger partial charge < -0.3 is 0 Å². The molecule has 0 saturated carbocycles. The summed E-state index contributed by atoms with van der Waals surface area (Å²) in [5, 5.41) is 0.759. The molecule has 0 fully saturated rings. The van der Waals surface area contributed by atoms with E-state index >= 15 is 0 Å². The monoisotopic (exact) mass is 439 g/mol. The van der Waals surface area contributed by atoms with E-state index in [1.807, 2.05) is 36.4 Å². The van der Waals surface area contributed by atoms with Crippen molar-refractivity contribution in [2.24, 2.45) is 0 Å². The van der Waals surface area contributed by atoms with Gasteiger partial charge in [-0.15, -0.1) is 0 Å². The first-order chi connectivity index (χ1) is 14.3. The SMILES string of the molecule is Cc1cc2c(-c3ccc(N(C)S(C)=O)cc3)ccnc2n1S(=O)(=O)c1ccccc1. The first-order valence-electron chi connectivity index (χ1n) is 9.26. The maximum Gasteiger partial charge on any atom is 0.269 e. The van der Waals surface area contributed by atoms with Gasteiger partial charge in [-0.1, -0.05) is 30.3 Å². The van der Waals surface area contributed by atoms with Crippen LogP contribution in [-0.2, 0) is 21.0 Å². The molecule has 8 heteroatoms. The second kappa shape index (κ2) is 7.70. The first-order valence-corrected chi connectivity index (χ1v) is 12.2. The van der Waals surface area contributed by atoms with Crippen LogP contribution in [0.1, 0.15) is 5.69 Å². The zero-order valence-corrected chi connectivity index (χ0v) is 18.4. The third-order valence-electron chi connectivity index (χ3n) is 5.04. The predicted octanol–water partition coefficient (Wildman–Crippen LogP) is 3.98. The summed E-state index contributed by atoms with van der Waals surface area (Å²) >= 11 is 0. The molecule has 1 atom stereocenters. The highest BCUT2D eigenvalue weighted by Crippen LogP contribution is 2.32. The van der Waals surface area contributed by atoms with Crippen molar-refractivity contribution in [3.8, 4) is 11.1 Å². The van der Waals surface area contributed by atoms with Crippen LogP contribution < -0.4 is 4.31 Å². The van der Waals surface area contributed by atoms with Gasteiger partial charge in [0.15, 0.2) is 5.65 Å². The largest absolute Gasteiger partial charge is 0.295 e. The van der Waals surface area contributed by atoms with Crippen molar-refractivity contribution in [3.63, 3.8) is 0 Å². The van der Waals surface area contributed by atoms with Crippen LogP contribution in [0.3, 0.4) is 0 Å². The molecule has 0 aliphatic carbocycles. The second-order valence-electron chi connectivity index (χ2n) is 6.93. The van der Waals surface area contributed by atoms with E-state index in [4.69, 9.17) is 0 Å². The van der Waals surface area contributed by atoms with Crippen LogP contribution in [0.15, 0.2) is 77.8 Å². The Labute approximate surface area is 178 Å². The third kappa shape index (κ3) is 3.42. The van der Waals surface area contributed by atoms with Gasteiger partial charge >= 0.3 is 0 Å². The molecule has 0 amide bonds. The molecule has 4 rings (SSSR count). The van der Waals surface area contributed by atoms with Crippen molar-refractivity contribution in [1.82, 2.24) is 8.96 Å². The maximum absolute atomic E-state index is 13.2. The minimum atomic E-state index is -3.77. The first kappa shape index (κ1) is 20.3. The summed E-state index contributed by atoms with van der Waals surface area (Å²) < 4.78 is 41.2. The van der Waals surface area contributed by atoms with Crippen LogP contribution in [0.5, 0.6) is 0 Å². The van der Waals surface area contributed by atoms with Gasteiger partial charge in [0.05, 0.1) is 4.90 Å². The van der Waals surface area contributed by atoms with Crippen LogP contribution >= 0.6 is 0 Å². The molecule has 0 saturated heterocycles. The van der Waals surface area contributed by atoms with E-state index in [9.17, 15) is 12.6 Å². The number of nitrogens with zero attached hydrogens (tertiary/aromatic N) is 3. The van der Waals surface area contributed by atoms with Crippen LogP contribution in [-0.4, -0.2) is 34.9 Å². The van der Waals surface area contributed by atoms with Crippen LogP contribution in [0.25, 0.3) is 22.2 Å². The van der Waals surface area contributed by atoms with E-state index < -0.39 is 21.0 Å². The Kier molecular flexibility index (Phi) is 5.21. The van der Waals surface area contributed by atoms with Crippen molar-refractivity contribution >= 4 is 37.7 Å². The van der Waals surface area contributed by atoms with E-state index in [-0.39, 0.29) is 4.90 Å². The highest BCUT2D eigenvalue weighted by molar-refractivity contribution is 7.90. The lowest BCUT2D eigenvalue weighted by Crippen LogP contribution is -2.18. The van der Waals surface area contributed by atoms with Gasteiger partial charge in [0.1, 0.15) is 11.0 Å². The van der Waals surface area contributed by atoms with E-state index in [0.717, 1.165) is 22.2 Å². The molecule has 6 nitrogen and oxygen atoms in total. The Morgan fingerprint density at radius 1 is 1.00 bits per heavy atom. The topological polar surface area (TPSA) is 72.3 Å². The number of benzene rings is 2. The number of hydrogen-bond donors (Lipinski definition) is 0. The van der Waals surface area contributed by atoms with Crippen molar-refractivity contribution in [2.75, 3.05) is 17.6 Å². The summed E-state index contributed by atoms with van der Waals surface area (Å²) in [4.78, 5) is 4.60. The number of fused-ring (bicyclic) bond motifs is 1. The Morgan fingerprint density at radius 3 is 2.30 bits per heavy atom. The molecular formula is C22H21N3O3S2. The number of pyridine rings is 1. The minimum Gasteiger partial charge on any atom is -0.295 e. The summed E-state index contributed by atoms with van der Waals surface area (Å²) in [6.45, 7) is 1.76. The quantitative estimate of drug-likeness (QED) is 0.472. The molecule has 2 heterocycles. The van der Waals surface area contributed by atoms with Crippen LogP contribution in [0.4, 0.5) is 5.69 Å². The molecule has 154 valence electrons. The average molecular weight is 440 g/mol. The summed E-state index contributed by atoms with van der Waals surface area (Å²) in [6, 6.07) is 19.7. The van der Waals surface area contributed by atoms with Gasteiger partial charge in [-0.3, -0.25) is 4.31 Å². The lowest BCUT2D eigenvalue weighted by atomic mass is 10.0. The second-order valence-corrected chi connectivity index (χ2v) is 10.1. The van der Waals surface area contributed by atoms with E-state index in [1.54, 1.807) is 61.1 Å². The van der Waals surface area contributed by atoms with Crippen molar-refractivity contribution in [1.29, 1.82) is 0 Å². The molecule has 0 radical (unpaired) electrons. The fraction of sp³-hybridized carbons (Fsp3) is 0.136. The van der Waals surface area contributed by atoms with E-state index in [0.29, 0.717) is 11.3 Å². The molecule has 2 aromatic heterocycles. The number of anilines is 1. The predicted molar refractivity (Wildman–Crippen MR) is 121 cm³/mol. The molecule has 1 unspecified atom stereocenters. The molecule has 0 N–H and O–H groups in total. The Hall–Kier alpha value is -2.97. The van der Waals surface area contributed by atoms with Crippen molar-refractivity contribution in [3.05, 3.63) is 78.6 Å². The summed E-state index contributed by atoms with van der Waals surface area (Å²) in [6.07, 6.45) is 3.24. The molecule has 4 aromatic rings. The maximum atomic E-state index is 13.2. The van der Waals surface area contributed by atoms with Crippen LogP contribution in [0.2, 0.25) is 0 Å². The molecule has 2 aromatic carbocycles. The molecular weight excluding hydrogens is 418 g/mol. The highest BCUT2D eigenvalue weighted by atomic mass is 32.2. The number of aromatic nitrogens is 2. The highest BCUT2D eigenvalue weighted by Gasteiger charge is 2.23. The molecule has 30 heavy (non-hydrogen) atoms. The molecule has 0 spiro atoms. The fourth-order valence-corrected chi connectivity index (χ4v) is 5.39. The normalized spacial score (nSPS) is 12.8. The number of hydrogen-bond acceptors (Lipinski definition) is 4. The minimum absolute atomic E-state index is 0.220. The van der Waals surface area contributed by atoms with E-state index in [1.165, 1.54) is 3.97 Å². The van der Waals surface area contributed by atoms with Gasteiger partial charge in [0, 0.05) is 36.3 Å². The van der Waals surface area contributed by atoms with Gasteiger partial charge in [0.25, 0.3) is 10.0 Å². The zero-order chi connectivity index (χ0) is 21.5. The van der Waals surface area contributed by atoms with Crippen molar-refractivity contribution < 1.29 is 12.6 Å².